The summed E-state index contributed by atoms with van der Waals surface area (Å²) in [6.45, 7) is 10.1. The van der Waals surface area contributed by atoms with Gasteiger partial charge in [0.15, 0.2) is 0 Å². The van der Waals surface area contributed by atoms with Gasteiger partial charge in [-0.3, -0.25) is 0 Å². The minimum atomic E-state index is 0.184. The van der Waals surface area contributed by atoms with Crippen molar-refractivity contribution in [2.45, 2.75) is 52.4 Å². The van der Waals surface area contributed by atoms with Gasteiger partial charge in [0, 0.05) is 13.2 Å². The predicted molar refractivity (Wildman–Crippen MR) is 59.6 cm³/mol. The molecule has 0 heterocycles. The zero-order valence-corrected chi connectivity index (χ0v) is 10.2. The first kappa shape index (κ1) is 13.9. The SMILES string of the molecule is CCNC(C)CC(C)OC(C)COC. The number of nitrogens with one attached hydrogen (secondary N) is 1. The Morgan fingerprint density at radius 2 is 1.79 bits per heavy atom. The second kappa shape index (κ2) is 8.21. The minimum absolute atomic E-state index is 0.184. The molecular formula is C11H25NO2. The first-order chi connectivity index (χ1) is 6.60. The monoisotopic (exact) mass is 203 g/mol. The Hall–Kier alpha value is -0.120. The quantitative estimate of drug-likeness (QED) is 0.652. The van der Waals surface area contributed by atoms with Crippen molar-refractivity contribution >= 4 is 0 Å². The van der Waals surface area contributed by atoms with E-state index in [2.05, 4.69) is 26.1 Å². The molecule has 0 saturated heterocycles. The third kappa shape index (κ3) is 7.30. The average Bonchev–Trinajstić information content (AvgIpc) is 2.03. The molecule has 0 saturated carbocycles. The van der Waals surface area contributed by atoms with Crippen molar-refractivity contribution in [1.82, 2.24) is 5.32 Å². The first-order valence-corrected chi connectivity index (χ1v) is 5.47. The van der Waals surface area contributed by atoms with E-state index in [0.717, 1.165) is 13.0 Å². The van der Waals surface area contributed by atoms with Crippen LogP contribution in [0.15, 0.2) is 0 Å². The molecule has 0 aromatic rings. The Labute approximate surface area is 88.2 Å². The predicted octanol–water partition coefficient (Wildman–Crippen LogP) is 1.81. The van der Waals surface area contributed by atoms with Crippen LogP contribution in [0.1, 0.15) is 34.1 Å². The zero-order valence-electron chi connectivity index (χ0n) is 10.2. The van der Waals surface area contributed by atoms with Gasteiger partial charge in [0.1, 0.15) is 0 Å². The van der Waals surface area contributed by atoms with E-state index in [-0.39, 0.29) is 12.2 Å². The van der Waals surface area contributed by atoms with E-state index in [4.69, 9.17) is 9.47 Å². The molecule has 86 valence electrons. The maximum absolute atomic E-state index is 5.74. The Morgan fingerprint density at radius 3 is 2.29 bits per heavy atom. The van der Waals surface area contributed by atoms with E-state index in [9.17, 15) is 0 Å². The Bertz CT molecular complexity index is 116. The molecule has 3 heteroatoms. The van der Waals surface area contributed by atoms with Gasteiger partial charge in [-0.1, -0.05) is 6.92 Å². The molecular weight excluding hydrogens is 178 g/mol. The highest BCUT2D eigenvalue weighted by Gasteiger charge is 2.11. The summed E-state index contributed by atoms with van der Waals surface area (Å²) >= 11 is 0. The van der Waals surface area contributed by atoms with E-state index in [1.807, 2.05) is 6.92 Å². The topological polar surface area (TPSA) is 30.5 Å². The number of hydrogen-bond acceptors (Lipinski definition) is 3. The summed E-state index contributed by atoms with van der Waals surface area (Å²) in [6, 6.07) is 0.518. The summed E-state index contributed by atoms with van der Waals surface area (Å²) in [5.74, 6) is 0. The van der Waals surface area contributed by atoms with Crippen LogP contribution in [0.3, 0.4) is 0 Å². The molecule has 0 radical (unpaired) electrons. The van der Waals surface area contributed by atoms with Crippen molar-refractivity contribution in [1.29, 1.82) is 0 Å². The van der Waals surface area contributed by atoms with Gasteiger partial charge >= 0.3 is 0 Å². The van der Waals surface area contributed by atoms with Gasteiger partial charge in [-0.2, -0.15) is 0 Å². The minimum Gasteiger partial charge on any atom is -0.382 e. The van der Waals surface area contributed by atoms with Crippen molar-refractivity contribution in [3.8, 4) is 0 Å². The summed E-state index contributed by atoms with van der Waals surface area (Å²) in [7, 11) is 1.70. The normalized spacial score (nSPS) is 17.8. The van der Waals surface area contributed by atoms with E-state index in [1.165, 1.54) is 0 Å². The van der Waals surface area contributed by atoms with Gasteiger partial charge in [-0.15, -0.1) is 0 Å². The standard InChI is InChI=1S/C11H25NO2/c1-6-12-9(2)7-10(3)14-11(4)8-13-5/h9-12H,6-8H2,1-5H3. The van der Waals surface area contributed by atoms with Crippen LogP contribution in [0.2, 0.25) is 0 Å². The first-order valence-electron chi connectivity index (χ1n) is 5.47. The molecule has 0 aromatic carbocycles. The number of methoxy groups -OCH3 is 1. The molecule has 0 aliphatic carbocycles. The van der Waals surface area contributed by atoms with Crippen LogP contribution < -0.4 is 5.32 Å². The van der Waals surface area contributed by atoms with Gasteiger partial charge < -0.3 is 14.8 Å². The van der Waals surface area contributed by atoms with Gasteiger partial charge in [-0.25, -0.2) is 0 Å². The van der Waals surface area contributed by atoms with E-state index in [1.54, 1.807) is 7.11 Å². The number of ether oxygens (including phenoxy) is 2. The van der Waals surface area contributed by atoms with Crippen molar-refractivity contribution < 1.29 is 9.47 Å². The number of rotatable bonds is 8. The Morgan fingerprint density at radius 1 is 1.14 bits per heavy atom. The van der Waals surface area contributed by atoms with Crippen LogP contribution in [-0.4, -0.2) is 38.5 Å². The molecule has 0 amide bonds. The smallest absolute Gasteiger partial charge is 0.0783 e. The molecule has 3 atom stereocenters. The third-order valence-electron chi connectivity index (χ3n) is 2.10. The van der Waals surface area contributed by atoms with Crippen LogP contribution in [0, 0.1) is 0 Å². The van der Waals surface area contributed by atoms with Crippen LogP contribution in [0.25, 0.3) is 0 Å². The molecule has 0 aliphatic heterocycles. The fourth-order valence-corrected chi connectivity index (χ4v) is 1.66. The van der Waals surface area contributed by atoms with Gasteiger partial charge in [-0.05, 0) is 33.7 Å². The molecule has 0 fully saturated rings. The summed E-state index contributed by atoms with van der Waals surface area (Å²) in [4.78, 5) is 0. The van der Waals surface area contributed by atoms with Crippen LogP contribution in [0.4, 0.5) is 0 Å². The van der Waals surface area contributed by atoms with Crippen LogP contribution in [0.5, 0.6) is 0 Å². The summed E-state index contributed by atoms with van der Waals surface area (Å²) in [5.41, 5.74) is 0. The molecule has 1 N–H and O–H groups in total. The molecule has 0 aliphatic rings. The molecule has 3 nitrogen and oxygen atoms in total. The van der Waals surface area contributed by atoms with Crippen molar-refractivity contribution in [3.63, 3.8) is 0 Å². The number of hydrogen-bond donors (Lipinski definition) is 1. The second-order valence-corrected chi connectivity index (χ2v) is 3.91. The molecule has 0 spiro atoms. The van der Waals surface area contributed by atoms with Gasteiger partial charge in [0.25, 0.3) is 0 Å². The van der Waals surface area contributed by atoms with Gasteiger partial charge in [0.05, 0.1) is 18.8 Å². The summed E-state index contributed by atoms with van der Waals surface area (Å²) in [6.07, 6.45) is 1.51. The van der Waals surface area contributed by atoms with E-state index in [0.29, 0.717) is 12.6 Å². The fourth-order valence-electron chi connectivity index (χ4n) is 1.66. The lowest BCUT2D eigenvalue weighted by Gasteiger charge is -2.22. The molecule has 0 aromatic heterocycles. The molecule has 0 rings (SSSR count). The molecule has 3 unspecified atom stereocenters. The lowest BCUT2D eigenvalue weighted by Crippen LogP contribution is -2.31. The largest absolute Gasteiger partial charge is 0.382 e. The lowest BCUT2D eigenvalue weighted by atomic mass is 10.1. The highest BCUT2D eigenvalue weighted by molar-refractivity contribution is 4.65. The Kier molecular flexibility index (Phi) is 8.14. The second-order valence-electron chi connectivity index (χ2n) is 3.91. The van der Waals surface area contributed by atoms with Crippen molar-refractivity contribution in [2.75, 3.05) is 20.3 Å². The zero-order chi connectivity index (χ0) is 11.0. The van der Waals surface area contributed by atoms with E-state index < -0.39 is 0 Å². The maximum atomic E-state index is 5.74. The average molecular weight is 203 g/mol. The van der Waals surface area contributed by atoms with Crippen LogP contribution >= 0.6 is 0 Å². The summed E-state index contributed by atoms with van der Waals surface area (Å²) < 4.78 is 10.8. The highest BCUT2D eigenvalue weighted by Crippen LogP contribution is 2.05. The van der Waals surface area contributed by atoms with Gasteiger partial charge in [0.2, 0.25) is 0 Å². The molecule has 14 heavy (non-hydrogen) atoms. The highest BCUT2D eigenvalue weighted by atomic mass is 16.5. The fraction of sp³-hybridized carbons (Fsp3) is 1.00. The third-order valence-corrected chi connectivity index (χ3v) is 2.10. The Balaban J connectivity index is 3.57. The maximum Gasteiger partial charge on any atom is 0.0783 e. The van der Waals surface area contributed by atoms with E-state index >= 15 is 0 Å². The lowest BCUT2D eigenvalue weighted by molar-refractivity contribution is -0.0364. The van der Waals surface area contributed by atoms with Crippen molar-refractivity contribution in [2.24, 2.45) is 0 Å². The van der Waals surface area contributed by atoms with Crippen molar-refractivity contribution in [3.05, 3.63) is 0 Å². The van der Waals surface area contributed by atoms with Crippen LogP contribution in [-0.2, 0) is 9.47 Å². The summed E-state index contributed by atoms with van der Waals surface area (Å²) in [5, 5.41) is 3.37. The molecule has 0 bridgehead atoms.